The van der Waals surface area contributed by atoms with Gasteiger partial charge in [0.1, 0.15) is 5.78 Å². The highest BCUT2D eigenvalue weighted by atomic mass is 16.1. The number of Topliss-reactive ketones (excluding diaryl/α,β-unsaturated/α-hetero) is 1. The molecule has 98 valence electrons. The molecule has 2 saturated carbocycles. The summed E-state index contributed by atoms with van der Waals surface area (Å²) >= 11 is 0. The smallest absolute Gasteiger partial charge is 0.142 e. The standard InChI is InChI=1S/C15H27NO/c1-4-16(10-12-6-5-7-12)11-13-8-9-15(2,3)14(13)17/h12-13H,4-11H2,1-3H3. The van der Waals surface area contributed by atoms with Crippen molar-refractivity contribution in [3.05, 3.63) is 0 Å². The van der Waals surface area contributed by atoms with E-state index in [9.17, 15) is 4.79 Å². The van der Waals surface area contributed by atoms with Gasteiger partial charge < -0.3 is 4.90 Å². The van der Waals surface area contributed by atoms with Gasteiger partial charge in [0, 0.05) is 24.4 Å². The van der Waals surface area contributed by atoms with Crippen LogP contribution < -0.4 is 0 Å². The first-order chi connectivity index (χ1) is 8.03. The molecule has 0 aromatic heterocycles. The second-order valence-electron chi connectivity index (χ2n) is 6.63. The number of hydrogen-bond donors (Lipinski definition) is 0. The average molecular weight is 237 g/mol. The third kappa shape index (κ3) is 2.90. The van der Waals surface area contributed by atoms with Crippen LogP contribution in [0, 0.1) is 17.3 Å². The largest absolute Gasteiger partial charge is 0.303 e. The molecule has 0 bridgehead atoms. The van der Waals surface area contributed by atoms with E-state index in [-0.39, 0.29) is 5.41 Å². The number of nitrogens with zero attached hydrogens (tertiary/aromatic N) is 1. The molecule has 2 rings (SSSR count). The zero-order valence-corrected chi connectivity index (χ0v) is 11.7. The molecule has 2 fully saturated rings. The maximum Gasteiger partial charge on any atom is 0.142 e. The molecule has 0 saturated heterocycles. The summed E-state index contributed by atoms with van der Waals surface area (Å²) < 4.78 is 0. The van der Waals surface area contributed by atoms with Crippen molar-refractivity contribution in [3.8, 4) is 0 Å². The highest BCUT2D eigenvalue weighted by Crippen LogP contribution is 2.38. The molecule has 0 amide bonds. The van der Waals surface area contributed by atoms with Crippen molar-refractivity contribution in [2.75, 3.05) is 19.6 Å². The molecule has 2 aliphatic carbocycles. The van der Waals surface area contributed by atoms with Crippen LogP contribution in [0.25, 0.3) is 0 Å². The highest BCUT2D eigenvalue weighted by Gasteiger charge is 2.40. The Hall–Kier alpha value is -0.370. The Morgan fingerprint density at radius 3 is 2.35 bits per heavy atom. The van der Waals surface area contributed by atoms with E-state index in [1.165, 1.54) is 25.8 Å². The molecule has 17 heavy (non-hydrogen) atoms. The van der Waals surface area contributed by atoms with Crippen LogP contribution in [0.4, 0.5) is 0 Å². The van der Waals surface area contributed by atoms with E-state index in [1.807, 2.05) is 0 Å². The molecule has 0 spiro atoms. The van der Waals surface area contributed by atoms with Gasteiger partial charge in [0.05, 0.1) is 0 Å². The van der Waals surface area contributed by atoms with Crippen molar-refractivity contribution in [2.24, 2.45) is 17.3 Å². The normalized spacial score (nSPS) is 28.7. The lowest BCUT2D eigenvalue weighted by molar-refractivity contribution is -0.128. The maximum absolute atomic E-state index is 12.2. The van der Waals surface area contributed by atoms with Crippen LogP contribution >= 0.6 is 0 Å². The Morgan fingerprint density at radius 2 is 1.94 bits per heavy atom. The fraction of sp³-hybridized carbons (Fsp3) is 0.933. The molecule has 0 radical (unpaired) electrons. The summed E-state index contributed by atoms with van der Waals surface area (Å²) in [6.07, 6.45) is 6.41. The number of rotatable bonds is 5. The lowest BCUT2D eigenvalue weighted by Crippen LogP contribution is -2.38. The molecule has 2 aliphatic rings. The van der Waals surface area contributed by atoms with Gasteiger partial charge >= 0.3 is 0 Å². The second-order valence-corrected chi connectivity index (χ2v) is 6.63. The number of hydrogen-bond acceptors (Lipinski definition) is 2. The van der Waals surface area contributed by atoms with Gasteiger partial charge in [-0.05, 0) is 38.1 Å². The van der Waals surface area contributed by atoms with E-state index in [0.717, 1.165) is 31.8 Å². The topological polar surface area (TPSA) is 20.3 Å². The lowest BCUT2D eigenvalue weighted by Gasteiger charge is -2.33. The van der Waals surface area contributed by atoms with Gasteiger partial charge in [-0.15, -0.1) is 0 Å². The molecule has 2 nitrogen and oxygen atoms in total. The maximum atomic E-state index is 12.2. The predicted octanol–water partition coefficient (Wildman–Crippen LogP) is 3.11. The SMILES string of the molecule is CCN(CC1CCC1)CC1CCC(C)(C)C1=O. The van der Waals surface area contributed by atoms with Crippen molar-refractivity contribution in [1.82, 2.24) is 4.90 Å². The second kappa shape index (κ2) is 5.09. The fourth-order valence-electron chi connectivity index (χ4n) is 3.20. The molecule has 0 aromatic carbocycles. The van der Waals surface area contributed by atoms with E-state index in [2.05, 4.69) is 25.7 Å². The summed E-state index contributed by atoms with van der Waals surface area (Å²) in [6.45, 7) is 9.77. The predicted molar refractivity (Wildman–Crippen MR) is 71.0 cm³/mol. The third-order valence-electron chi connectivity index (χ3n) is 4.82. The van der Waals surface area contributed by atoms with Crippen molar-refractivity contribution in [2.45, 2.75) is 52.9 Å². The highest BCUT2D eigenvalue weighted by molar-refractivity contribution is 5.88. The summed E-state index contributed by atoms with van der Waals surface area (Å²) in [6, 6.07) is 0. The first-order valence-electron chi connectivity index (χ1n) is 7.29. The van der Waals surface area contributed by atoms with Crippen LogP contribution in [0.5, 0.6) is 0 Å². The van der Waals surface area contributed by atoms with Crippen LogP contribution in [-0.4, -0.2) is 30.3 Å². The van der Waals surface area contributed by atoms with Crippen molar-refractivity contribution in [1.29, 1.82) is 0 Å². The summed E-state index contributed by atoms with van der Waals surface area (Å²) in [5.74, 6) is 1.73. The van der Waals surface area contributed by atoms with E-state index in [0.29, 0.717) is 11.7 Å². The van der Waals surface area contributed by atoms with Gasteiger partial charge in [-0.2, -0.15) is 0 Å². The lowest BCUT2D eigenvalue weighted by atomic mass is 9.84. The minimum absolute atomic E-state index is 0.0550. The third-order valence-corrected chi connectivity index (χ3v) is 4.82. The Labute approximate surface area is 106 Å². The van der Waals surface area contributed by atoms with E-state index < -0.39 is 0 Å². The van der Waals surface area contributed by atoms with Gasteiger partial charge in [-0.1, -0.05) is 27.2 Å². The fourth-order valence-corrected chi connectivity index (χ4v) is 3.20. The van der Waals surface area contributed by atoms with E-state index >= 15 is 0 Å². The zero-order valence-electron chi connectivity index (χ0n) is 11.7. The average Bonchev–Trinajstić information content (AvgIpc) is 2.48. The molecule has 0 aliphatic heterocycles. The Morgan fingerprint density at radius 1 is 1.24 bits per heavy atom. The Balaban J connectivity index is 1.84. The number of carbonyl (C=O) groups is 1. The van der Waals surface area contributed by atoms with Crippen molar-refractivity contribution < 1.29 is 4.79 Å². The van der Waals surface area contributed by atoms with Crippen molar-refractivity contribution in [3.63, 3.8) is 0 Å². The van der Waals surface area contributed by atoms with Gasteiger partial charge in [0.25, 0.3) is 0 Å². The van der Waals surface area contributed by atoms with E-state index in [1.54, 1.807) is 0 Å². The minimum Gasteiger partial charge on any atom is -0.303 e. The van der Waals surface area contributed by atoms with Gasteiger partial charge in [0.2, 0.25) is 0 Å². The van der Waals surface area contributed by atoms with Crippen LogP contribution in [0.15, 0.2) is 0 Å². The Kier molecular flexibility index (Phi) is 3.92. The zero-order chi connectivity index (χ0) is 12.5. The molecule has 2 heteroatoms. The first-order valence-corrected chi connectivity index (χ1v) is 7.29. The monoisotopic (exact) mass is 237 g/mol. The van der Waals surface area contributed by atoms with Gasteiger partial charge in [0.15, 0.2) is 0 Å². The summed E-state index contributed by atoms with van der Waals surface area (Å²) in [5.41, 5.74) is -0.0550. The summed E-state index contributed by atoms with van der Waals surface area (Å²) in [7, 11) is 0. The van der Waals surface area contributed by atoms with Crippen LogP contribution in [0.1, 0.15) is 52.9 Å². The Bertz CT molecular complexity index is 281. The first kappa shape index (κ1) is 13.1. The molecule has 0 N–H and O–H groups in total. The molecule has 0 heterocycles. The minimum atomic E-state index is -0.0550. The van der Waals surface area contributed by atoms with Gasteiger partial charge in [-0.25, -0.2) is 0 Å². The molecular weight excluding hydrogens is 210 g/mol. The molecule has 1 atom stereocenters. The van der Waals surface area contributed by atoms with Crippen LogP contribution in [0.3, 0.4) is 0 Å². The van der Waals surface area contributed by atoms with E-state index in [4.69, 9.17) is 0 Å². The quantitative estimate of drug-likeness (QED) is 0.732. The summed E-state index contributed by atoms with van der Waals surface area (Å²) in [5, 5.41) is 0. The van der Waals surface area contributed by atoms with Crippen molar-refractivity contribution >= 4 is 5.78 Å². The van der Waals surface area contributed by atoms with Gasteiger partial charge in [-0.3, -0.25) is 4.79 Å². The molecule has 0 aromatic rings. The van der Waals surface area contributed by atoms with Crippen LogP contribution in [-0.2, 0) is 4.79 Å². The number of ketones is 1. The summed E-state index contributed by atoms with van der Waals surface area (Å²) in [4.78, 5) is 14.7. The molecular formula is C15H27NO. The number of carbonyl (C=O) groups excluding carboxylic acids is 1. The van der Waals surface area contributed by atoms with Crippen LogP contribution in [0.2, 0.25) is 0 Å². The molecule has 1 unspecified atom stereocenters.